The number of hydrogen-bond acceptors (Lipinski definition) is 5. The van der Waals surface area contributed by atoms with E-state index in [-0.39, 0.29) is 0 Å². The third-order valence-electron chi connectivity index (χ3n) is 3.18. The Morgan fingerprint density at radius 2 is 1.95 bits per heavy atom. The molecule has 1 aromatic carbocycles. The number of ether oxygens (including phenoxy) is 2. The first-order valence-corrected chi connectivity index (χ1v) is 7.28. The Labute approximate surface area is 124 Å². The minimum absolute atomic E-state index is 0.346. The van der Waals surface area contributed by atoms with E-state index in [9.17, 15) is 0 Å². The minimum Gasteiger partial charge on any atom is -0.494 e. The van der Waals surface area contributed by atoms with E-state index in [2.05, 4.69) is 15.3 Å². The van der Waals surface area contributed by atoms with Crippen molar-refractivity contribution >= 4 is 0 Å². The molecule has 1 aliphatic rings. The van der Waals surface area contributed by atoms with Crippen LogP contribution >= 0.6 is 0 Å². The van der Waals surface area contributed by atoms with E-state index in [0.29, 0.717) is 24.4 Å². The predicted octanol–water partition coefficient (Wildman–Crippen LogP) is 2.92. The summed E-state index contributed by atoms with van der Waals surface area (Å²) < 4.78 is 11.1. The van der Waals surface area contributed by atoms with Crippen LogP contribution in [0.4, 0.5) is 0 Å². The van der Waals surface area contributed by atoms with Crippen LogP contribution in [0.5, 0.6) is 17.5 Å². The Morgan fingerprint density at radius 3 is 2.67 bits per heavy atom. The summed E-state index contributed by atoms with van der Waals surface area (Å²) in [7, 11) is 0. The molecular weight excluding hydrogens is 266 g/mol. The lowest BCUT2D eigenvalue weighted by atomic mass is 10.3. The van der Waals surface area contributed by atoms with Crippen molar-refractivity contribution in [2.75, 3.05) is 6.61 Å². The SMILES string of the molecule is CCOc1cccc(Oc2ncc(CNC3CC3)cn2)c1. The number of aromatic nitrogens is 2. The second kappa shape index (κ2) is 6.54. The molecule has 1 fully saturated rings. The van der Waals surface area contributed by atoms with Gasteiger partial charge in [0.05, 0.1) is 6.61 Å². The Kier molecular flexibility index (Phi) is 4.31. The first-order chi connectivity index (χ1) is 10.3. The standard InChI is InChI=1S/C16H19N3O2/c1-2-20-14-4-3-5-15(8-14)21-16-18-10-12(11-19-16)9-17-13-6-7-13/h3-5,8,10-11,13,17H,2,6-7,9H2,1H3. The van der Waals surface area contributed by atoms with Gasteiger partial charge in [-0.3, -0.25) is 0 Å². The van der Waals surface area contributed by atoms with E-state index < -0.39 is 0 Å². The molecule has 0 bridgehead atoms. The van der Waals surface area contributed by atoms with Gasteiger partial charge in [0.15, 0.2) is 0 Å². The minimum atomic E-state index is 0.346. The zero-order valence-electron chi connectivity index (χ0n) is 12.1. The van der Waals surface area contributed by atoms with Crippen molar-refractivity contribution in [2.45, 2.75) is 32.4 Å². The summed E-state index contributed by atoms with van der Waals surface area (Å²) in [4.78, 5) is 8.47. The van der Waals surface area contributed by atoms with Crippen LogP contribution in [0.2, 0.25) is 0 Å². The first kappa shape index (κ1) is 13.8. The molecule has 1 aliphatic carbocycles. The lowest BCUT2D eigenvalue weighted by Crippen LogP contribution is -2.15. The lowest BCUT2D eigenvalue weighted by Gasteiger charge is -2.07. The smallest absolute Gasteiger partial charge is 0.321 e. The van der Waals surface area contributed by atoms with Crippen molar-refractivity contribution in [3.63, 3.8) is 0 Å². The van der Waals surface area contributed by atoms with Gasteiger partial charge < -0.3 is 14.8 Å². The molecule has 1 N–H and O–H groups in total. The summed E-state index contributed by atoms with van der Waals surface area (Å²) in [5.74, 6) is 1.45. The van der Waals surface area contributed by atoms with E-state index >= 15 is 0 Å². The Bertz CT molecular complexity index is 582. The van der Waals surface area contributed by atoms with Crippen molar-refractivity contribution in [2.24, 2.45) is 0 Å². The maximum absolute atomic E-state index is 5.64. The topological polar surface area (TPSA) is 56.3 Å². The molecule has 2 aromatic rings. The summed E-state index contributed by atoms with van der Waals surface area (Å²) in [6.07, 6.45) is 6.14. The van der Waals surface area contributed by atoms with Gasteiger partial charge in [0.2, 0.25) is 0 Å². The zero-order valence-corrected chi connectivity index (χ0v) is 12.1. The molecule has 0 atom stereocenters. The average Bonchev–Trinajstić information content (AvgIpc) is 3.32. The average molecular weight is 285 g/mol. The van der Waals surface area contributed by atoms with E-state index in [4.69, 9.17) is 9.47 Å². The van der Waals surface area contributed by atoms with Crippen LogP contribution in [0.25, 0.3) is 0 Å². The highest BCUT2D eigenvalue weighted by molar-refractivity contribution is 5.34. The van der Waals surface area contributed by atoms with Crippen LogP contribution in [0, 0.1) is 0 Å². The van der Waals surface area contributed by atoms with Gasteiger partial charge in [-0.15, -0.1) is 0 Å². The number of nitrogens with one attached hydrogen (secondary N) is 1. The summed E-state index contributed by atoms with van der Waals surface area (Å²) in [6, 6.07) is 8.49. The van der Waals surface area contributed by atoms with Crippen LogP contribution in [0.15, 0.2) is 36.7 Å². The van der Waals surface area contributed by atoms with Crippen molar-refractivity contribution in [3.05, 3.63) is 42.2 Å². The second-order valence-corrected chi connectivity index (χ2v) is 5.04. The summed E-state index contributed by atoms with van der Waals surface area (Å²) in [6.45, 7) is 3.39. The highest BCUT2D eigenvalue weighted by Gasteiger charge is 2.19. The number of rotatable bonds is 7. The van der Waals surface area contributed by atoms with E-state index in [1.165, 1.54) is 12.8 Å². The quantitative estimate of drug-likeness (QED) is 0.847. The van der Waals surface area contributed by atoms with E-state index in [0.717, 1.165) is 17.9 Å². The van der Waals surface area contributed by atoms with Gasteiger partial charge in [0, 0.05) is 36.6 Å². The monoisotopic (exact) mass is 285 g/mol. The molecule has 21 heavy (non-hydrogen) atoms. The van der Waals surface area contributed by atoms with Crippen LogP contribution in [-0.2, 0) is 6.54 Å². The van der Waals surface area contributed by atoms with Gasteiger partial charge in [0.25, 0.3) is 0 Å². The maximum Gasteiger partial charge on any atom is 0.321 e. The maximum atomic E-state index is 5.64. The van der Waals surface area contributed by atoms with E-state index in [1.807, 2.05) is 31.2 Å². The second-order valence-electron chi connectivity index (χ2n) is 5.04. The molecule has 0 amide bonds. The normalized spacial score (nSPS) is 14.0. The van der Waals surface area contributed by atoms with Crippen LogP contribution in [0.1, 0.15) is 25.3 Å². The highest BCUT2D eigenvalue weighted by Crippen LogP contribution is 2.23. The molecule has 1 aromatic heterocycles. The largest absolute Gasteiger partial charge is 0.494 e. The first-order valence-electron chi connectivity index (χ1n) is 7.28. The molecule has 0 unspecified atom stereocenters. The molecule has 110 valence electrons. The summed E-state index contributed by atoms with van der Waals surface area (Å²) in [5.41, 5.74) is 1.07. The Hall–Kier alpha value is -2.14. The van der Waals surface area contributed by atoms with Crippen molar-refractivity contribution in [1.29, 1.82) is 0 Å². The fraction of sp³-hybridized carbons (Fsp3) is 0.375. The molecular formula is C16H19N3O2. The zero-order chi connectivity index (χ0) is 14.5. The molecule has 0 aliphatic heterocycles. The third kappa shape index (κ3) is 4.16. The molecule has 5 heteroatoms. The molecule has 0 spiro atoms. The van der Waals surface area contributed by atoms with Crippen LogP contribution in [-0.4, -0.2) is 22.6 Å². The van der Waals surface area contributed by atoms with Crippen molar-refractivity contribution in [1.82, 2.24) is 15.3 Å². The van der Waals surface area contributed by atoms with Crippen molar-refractivity contribution in [3.8, 4) is 17.5 Å². The number of benzene rings is 1. The summed E-state index contributed by atoms with van der Waals surface area (Å²) >= 11 is 0. The van der Waals surface area contributed by atoms with E-state index in [1.54, 1.807) is 12.4 Å². The van der Waals surface area contributed by atoms with Crippen LogP contribution in [0.3, 0.4) is 0 Å². The van der Waals surface area contributed by atoms with Gasteiger partial charge in [0.1, 0.15) is 11.5 Å². The fourth-order valence-electron chi connectivity index (χ4n) is 1.94. The number of hydrogen-bond donors (Lipinski definition) is 1. The van der Waals surface area contributed by atoms with Crippen molar-refractivity contribution < 1.29 is 9.47 Å². The molecule has 1 saturated carbocycles. The van der Waals surface area contributed by atoms with Gasteiger partial charge >= 0.3 is 6.01 Å². The molecule has 3 rings (SSSR count). The fourth-order valence-corrected chi connectivity index (χ4v) is 1.94. The lowest BCUT2D eigenvalue weighted by molar-refractivity contribution is 0.337. The molecule has 5 nitrogen and oxygen atoms in total. The predicted molar refractivity (Wildman–Crippen MR) is 79.6 cm³/mol. The highest BCUT2D eigenvalue weighted by atomic mass is 16.5. The van der Waals surface area contributed by atoms with Crippen LogP contribution < -0.4 is 14.8 Å². The Morgan fingerprint density at radius 1 is 1.19 bits per heavy atom. The Balaban J connectivity index is 1.59. The molecule has 1 heterocycles. The van der Waals surface area contributed by atoms with Gasteiger partial charge in [-0.2, -0.15) is 0 Å². The number of nitrogens with zero attached hydrogens (tertiary/aromatic N) is 2. The molecule has 0 radical (unpaired) electrons. The van der Waals surface area contributed by atoms with Gasteiger partial charge in [-0.1, -0.05) is 6.07 Å². The molecule has 0 saturated heterocycles. The third-order valence-corrected chi connectivity index (χ3v) is 3.18. The summed E-state index contributed by atoms with van der Waals surface area (Å²) in [5, 5.41) is 3.43. The van der Waals surface area contributed by atoms with Gasteiger partial charge in [-0.25, -0.2) is 9.97 Å². The van der Waals surface area contributed by atoms with Gasteiger partial charge in [-0.05, 0) is 31.9 Å².